The van der Waals surface area contributed by atoms with Gasteiger partial charge in [0.15, 0.2) is 11.6 Å². The highest BCUT2D eigenvalue weighted by atomic mass is 16.5. The molecule has 0 amide bonds. The van der Waals surface area contributed by atoms with E-state index in [1.807, 2.05) is 24.3 Å². The lowest BCUT2D eigenvalue weighted by Crippen LogP contribution is -2.28. The second-order valence-electron chi connectivity index (χ2n) is 11.9. The normalized spacial score (nSPS) is 13.9. The van der Waals surface area contributed by atoms with Crippen molar-refractivity contribution in [1.82, 2.24) is 0 Å². The molecule has 1 fully saturated rings. The molecule has 39 heavy (non-hydrogen) atoms. The molecule has 0 unspecified atom stereocenters. The van der Waals surface area contributed by atoms with E-state index in [2.05, 4.69) is 102 Å². The van der Waals surface area contributed by atoms with Crippen molar-refractivity contribution in [2.75, 3.05) is 30.0 Å². The Morgan fingerprint density at radius 1 is 0.615 bits per heavy atom. The molecule has 0 atom stereocenters. The minimum atomic E-state index is 0.289. The van der Waals surface area contributed by atoms with Crippen molar-refractivity contribution >= 4 is 17.1 Å². The first-order valence-corrected chi connectivity index (χ1v) is 14.4. The van der Waals surface area contributed by atoms with E-state index in [9.17, 15) is 5.11 Å². The number of hydrogen-bond acceptors (Lipinski definition) is 4. The predicted molar refractivity (Wildman–Crippen MR) is 166 cm³/mol. The number of hydrogen-bond donors (Lipinski definition) is 1. The van der Waals surface area contributed by atoms with Gasteiger partial charge in [-0.25, -0.2) is 0 Å². The van der Waals surface area contributed by atoms with Crippen LogP contribution >= 0.6 is 0 Å². The second-order valence-corrected chi connectivity index (χ2v) is 11.9. The average molecular weight is 527 g/mol. The van der Waals surface area contributed by atoms with Gasteiger partial charge in [-0.05, 0) is 70.2 Å². The zero-order chi connectivity index (χ0) is 28.4. The molecule has 1 N–H and O–H groups in total. The number of anilines is 2. The Morgan fingerprint density at radius 3 is 1.28 bits per heavy atom. The molecule has 0 bridgehead atoms. The molecule has 4 rings (SSSR count). The van der Waals surface area contributed by atoms with Crippen molar-refractivity contribution in [3.8, 4) is 5.75 Å². The Labute approximate surface area is 235 Å². The van der Waals surface area contributed by atoms with Gasteiger partial charge in [-0.1, -0.05) is 91.8 Å². The molecule has 0 radical (unpaired) electrons. The topological polar surface area (TPSA) is 35.9 Å². The van der Waals surface area contributed by atoms with Crippen LogP contribution in [0, 0.1) is 0 Å². The lowest BCUT2D eigenvalue weighted by Gasteiger charge is -2.33. The van der Waals surface area contributed by atoms with Gasteiger partial charge < -0.3 is 19.6 Å². The van der Waals surface area contributed by atoms with Crippen LogP contribution in [0.15, 0.2) is 66.5 Å². The first-order chi connectivity index (χ1) is 18.6. The van der Waals surface area contributed by atoms with Crippen molar-refractivity contribution in [2.45, 2.75) is 79.1 Å². The Balaban J connectivity index is 2.04. The van der Waals surface area contributed by atoms with E-state index in [-0.39, 0.29) is 5.76 Å². The molecule has 0 saturated carbocycles. The van der Waals surface area contributed by atoms with Crippen molar-refractivity contribution in [1.29, 1.82) is 0 Å². The van der Waals surface area contributed by atoms with Gasteiger partial charge in [-0.3, -0.25) is 0 Å². The third kappa shape index (κ3) is 5.52. The van der Waals surface area contributed by atoms with Gasteiger partial charge in [-0.2, -0.15) is 0 Å². The lowest BCUT2D eigenvalue weighted by atomic mass is 9.91. The highest BCUT2D eigenvalue weighted by Crippen LogP contribution is 2.45. The first-order valence-electron chi connectivity index (χ1n) is 14.4. The van der Waals surface area contributed by atoms with Gasteiger partial charge in [0.25, 0.3) is 0 Å². The zero-order valence-corrected chi connectivity index (χ0v) is 25.2. The predicted octanol–water partition coefficient (Wildman–Crippen LogP) is 9.40. The third-order valence-corrected chi connectivity index (χ3v) is 7.86. The third-order valence-electron chi connectivity index (χ3n) is 7.86. The quantitative estimate of drug-likeness (QED) is 0.297. The summed E-state index contributed by atoms with van der Waals surface area (Å²) in [4.78, 5) is 4.76. The molecular weight excluding hydrogens is 480 g/mol. The van der Waals surface area contributed by atoms with Gasteiger partial charge >= 0.3 is 0 Å². The van der Waals surface area contributed by atoms with E-state index in [1.54, 1.807) is 7.11 Å². The highest BCUT2D eigenvalue weighted by Gasteiger charge is 2.36. The molecule has 1 aliphatic heterocycles. The van der Waals surface area contributed by atoms with Crippen molar-refractivity contribution < 1.29 is 9.84 Å². The minimum absolute atomic E-state index is 0.289. The van der Waals surface area contributed by atoms with Gasteiger partial charge in [0.1, 0.15) is 5.75 Å². The molecule has 0 spiro atoms. The standard InChI is InChI=1S/C35H46N2O2/c1-22(2)28-12-10-13-29(23(3)4)32(28)36-20-21-37(33-30(24(5)6)14-11-15-31(33)25(7)8)35(36)34(38)26-16-18-27(39-9)19-17-26/h10-19,22-25,38H,20-21H2,1-9H3. The van der Waals surface area contributed by atoms with Crippen LogP contribution in [0.2, 0.25) is 0 Å². The number of aliphatic hydroxyl groups is 1. The van der Waals surface area contributed by atoms with Crippen LogP contribution in [-0.4, -0.2) is 25.3 Å². The largest absolute Gasteiger partial charge is 0.504 e. The molecule has 1 heterocycles. The summed E-state index contributed by atoms with van der Waals surface area (Å²) >= 11 is 0. The van der Waals surface area contributed by atoms with Gasteiger partial charge in [0.2, 0.25) is 0 Å². The summed E-state index contributed by atoms with van der Waals surface area (Å²) in [5.74, 6) is 3.33. The number of methoxy groups -OCH3 is 1. The second kappa shape index (κ2) is 11.8. The van der Waals surface area contributed by atoms with E-state index >= 15 is 0 Å². The monoisotopic (exact) mass is 526 g/mol. The summed E-state index contributed by atoms with van der Waals surface area (Å²) in [7, 11) is 1.67. The van der Waals surface area contributed by atoms with Gasteiger partial charge in [-0.15, -0.1) is 0 Å². The number of ether oxygens (including phenoxy) is 1. The molecule has 3 aromatic carbocycles. The SMILES string of the molecule is COc1ccc(C(O)=C2N(c3c(C(C)C)cccc3C(C)C)CCN2c2c(C(C)C)cccc2C(C)C)cc1. The van der Waals surface area contributed by atoms with Crippen LogP contribution in [0.5, 0.6) is 5.75 Å². The summed E-state index contributed by atoms with van der Waals surface area (Å²) in [6.07, 6.45) is 0. The van der Waals surface area contributed by atoms with Gasteiger partial charge in [0.05, 0.1) is 7.11 Å². The van der Waals surface area contributed by atoms with Crippen LogP contribution < -0.4 is 14.5 Å². The molecular formula is C35H46N2O2. The van der Waals surface area contributed by atoms with Crippen molar-refractivity contribution in [2.24, 2.45) is 0 Å². The first kappa shape index (κ1) is 28.6. The summed E-state index contributed by atoms with van der Waals surface area (Å²) in [5.41, 5.74) is 8.48. The van der Waals surface area contributed by atoms with Crippen molar-refractivity contribution in [3.63, 3.8) is 0 Å². The van der Waals surface area contributed by atoms with Crippen LogP contribution in [0.1, 0.15) is 107 Å². The van der Waals surface area contributed by atoms with Crippen LogP contribution in [-0.2, 0) is 0 Å². The lowest BCUT2D eigenvalue weighted by molar-refractivity contribution is 0.414. The van der Waals surface area contributed by atoms with Crippen LogP contribution in [0.3, 0.4) is 0 Å². The molecule has 0 aromatic heterocycles. The number of aliphatic hydroxyl groups excluding tert-OH is 1. The summed E-state index contributed by atoms with van der Waals surface area (Å²) < 4.78 is 5.41. The number of nitrogens with zero attached hydrogens (tertiary/aromatic N) is 2. The molecule has 1 aliphatic rings. The maximum Gasteiger partial charge on any atom is 0.164 e. The Hall–Kier alpha value is -3.40. The summed E-state index contributed by atoms with van der Waals surface area (Å²) in [6.45, 7) is 19.7. The molecule has 0 aliphatic carbocycles. The maximum atomic E-state index is 12.1. The molecule has 4 nitrogen and oxygen atoms in total. The minimum Gasteiger partial charge on any atom is -0.504 e. The smallest absolute Gasteiger partial charge is 0.164 e. The number of benzene rings is 3. The van der Waals surface area contributed by atoms with E-state index < -0.39 is 0 Å². The van der Waals surface area contributed by atoms with Crippen LogP contribution in [0.25, 0.3) is 5.76 Å². The molecule has 3 aromatic rings. The zero-order valence-electron chi connectivity index (χ0n) is 25.2. The fourth-order valence-corrected chi connectivity index (χ4v) is 5.77. The summed E-state index contributed by atoms with van der Waals surface area (Å²) in [6, 6.07) is 21.1. The van der Waals surface area contributed by atoms with Crippen LogP contribution in [0.4, 0.5) is 11.4 Å². The van der Waals surface area contributed by atoms with Crippen molar-refractivity contribution in [3.05, 3.63) is 94.3 Å². The Morgan fingerprint density at radius 2 is 0.974 bits per heavy atom. The molecule has 1 saturated heterocycles. The number of para-hydroxylation sites is 2. The van der Waals surface area contributed by atoms with Gasteiger partial charge in [0, 0.05) is 30.0 Å². The Kier molecular flexibility index (Phi) is 8.64. The van der Waals surface area contributed by atoms with E-state index in [0.29, 0.717) is 23.7 Å². The average Bonchev–Trinajstić information content (AvgIpc) is 3.36. The fraction of sp³-hybridized carbons (Fsp3) is 0.429. The fourth-order valence-electron chi connectivity index (χ4n) is 5.77. The number of rotatable bonds is 8. The molecule has 208 valence electrons. The molecule has 4 heteroatoms. The highest BCUT2D eigenvalue weighted by molar-refractivity contribution is 5.81. The van der Waals surface area contributed by atoms with E-state index in [0.717, 1.165) is 30.2 Å². The van der Waals surface area contributed by atoms with E-state index in [4.69, 9.17) is 4.74 Å². The summed E-state index contributed by atoms with van der Waals surface area (Å²) in [5, 5.41) is 12.1. The maximum absolute atomic E-state index is 12.1. The van der Waals surface area contributed by atoms with E-state index in [1.165, 1.54) is 33.6 Å². The Bertz CT molecular complexity index is 1190.